The van der Waals surface area contributed by atoms with E-state index in [-0.39, 0.29) is 34.4 Å². The Labute approximate surface area is 222 Å². The molecule has 2 aromatic carbocycles. The molecule has 3 aromatic rings. The number of nitrogens with one attached hydrogen (secondary N) is 2. The second-order valence-electron chi connectivity index (χ2n) is 9.61. The van der Waals surface area contributed by atoms with Crippen LogP contribution in [0, 0.1) is 11.8 Å². The van der Waals surface area contributed by atoms with Crippen LogP contribution in [0.2, 0.25) is 4.34 Å². The van der Waals surface area contributed by atoms with E-state index in [1.54, 1.807) is 6.07 Å². The van der Waals surface area contributed by atoms with Gasteiger partial charge in [0.25, 0.3) is 0 Å². The molecule has 5 nitrogen and oxygen atoms in total. The molecule has 0 spiro atoms. The third-order valence-corrected chi connectivity index (χ3v) is 10.3. The molecule has 2 N–H and O–H groups in total. The molecule has 1 fully saturated rings. The molecule has 3 atom stereocenters. The van der Waals surface area contributed by atoms with Crippen LogP contribution in [0.15, 0.2) is 58.8 Å². The number of thiophene rings is 1. The molecule has 2 aliphatic carbocycles. The minimum absolute atomic E-state index is 0.0451. The van der Waals surface area contributed by atoms with E-state index in [1.807, 2.05) is 18.2 Å². The summed E-state index contributed by atoms with van der Waals surface area (Å²) in [6, 6.07) is 13.2. The number of rotatable bonds is 6. The highest BCUT2D eigenvalue weighted by molar-refractivity contribution is 7.91. The third kappa shape index (κ3) is 5.87. The van der Waals surface area contributed by atoms with Crippen LogP contribution in [-0.4, -0.2) is 20.4 Å². The first-order chi connectivity index (χ1) is 17.5. The highest BCUT2D eigenvalue weighted by Gasteiger charge is 2.41. The highest BCUT2D eigenvalue weighted by Crippen LogP contribution is 2.41. The van der Waals surface area contributed by atoms with Gasteiger partial charge in [0.1, 0.15) is 4.21 Å². The van der Waals surface area contributed by atoms with Crippen LogP contribution in [0.4, 0.5) is 18.9 Å². The summed E-state index contributed by atoms with van der Waals surface area (Å²) >= 11 is 6.97. The van der Waals surface area contributed by atoms with Crippen molar-refractivity contribution in [3.05, 3.63) is 81.2 Å². The van der Waals surface area contributed by atoms with E-state index < -0.39 is 21.8 Å². The molecule has 5 rings (SSSR count). The number of halogens is 4. The second kappa shape index (κ2) is 10.1. The Hall–Kier alpha value is -2.40. The van der Waals surface area contributed by atoms with Crippen LogP contribution in [0.1, 0.15) is 35.1 Å². The maximum absolute atomic E-state index is 12.9. The number of hydrogen-bond donors (Lipinski definition) is 2. The van der Waals surface area contributed by atoms with Gasteiger partial charge in [-0.15, -0.1) is 11.3 Å². The van der Waals surface area contributed by atoms with Crippen molar-refractivity contribution in [1.29, 1.82) is 0 Å². The van der Waals surface area contributed by atoms with E-state index in [4.69, 9.17) is 11.6 Å². The average molecular weight is 569 g/mol. The first-order valence-corrected chi connectivity index (χ1v) is 14.5. The van der Waals surface area contributed by atoms with Crippen molar-refractivity contribution in [3.8, 4) is 0 Å². The van der Waals surface area contributed by atoms with Gasteiger partial charge in [0.15, 0.2) is 0 Å². The average Bonchev–Trinajstić information content (AvgIpc) is 3.37. The van der Waals surface area contributed by atoms with Gasteiger partial charge < -0.3 is 5.32 Å². The van der Waals surface area contributed by atoms with Gasteiger partial charge in [-0.3, -0.25) is 4.79 Å². The normalized spacial score (nSPS) is 21.4. The summed E-state index contributed by atoms with van der Waals surface area (Å²) < 4.78 is 67.7. The van der Waals surface area contributed by atoms with Crippen molar-refractivity contribution < 1.29 is 26.4 Å². The first kappa shape index (κ1) is 26.2. The zero-order valence-electron chi connectivity index (χ0n) is 19.5. The molecule has 11 heteroatoms. The predicted molar refractivity (Wildman–Crippen MR) is 137 cm³/mol. The number of hydrogen-bond acceptors (Lipinski definition) is 4. The monoisotopic (exact) mass is 568 g/mol. The molecule has 37 heavy (non-hydrogen) atoms. The summed E-state index contributed by atoms with van der Waals surface area (Å²) in [5.74, 6) is -0.0128. The van der Waals surface area contributed by atoms with Crippen molar-refractivity contribution in [2.75, 3.05) is 5.32 Å². The Kier molecular flexibility index (Phi) is 7.12. The molecule has 0 saturated heterocycles. The van der Waals surface area contributed by atoms with Gasteiger partial charge in [0.05, 0.1) is 16.3 Å². The Bertz CT molecular complexity index is 1420. The standard InChI is InChI=1S/C26H24ClF3N2O3S2/c27-22-9-10-24(36-22)37(34,35)32-25-17-3-4-18(25)13-19-14-21(8-5-16(19)12-17)31-23(33)11-15-1-6-20(7-2-15)26(28,29)30/h1-2,5-10,14,17-18,25,32H,3-4,11-13H2,(H,31,33)/t17-,18+,25-/m0/s1. The summed E-state index contributed by atoms with van der Waals surface area (Å²) in [6.45, 7) is 0. The number of benzene rings is 2. The number of fused-ring (bicyclic) bond motifs is 3. The summed E-state index contributed by atoms with van der Waals surface area (Å²) in [5, 5.41) is 2.84. The highest BCUT2D eigenvalue weighted by atomic mass is 35.5. The van der Waals surface area contributed by atoms with Gasteiger partial charge in [-0.05, 0) is 90.6 Å². The zero-order valence-corrected chi connectivity index (χ0v) is 21.9. The second-order valence-corrected chi connectivity index (χ2v) is 13.3. The van der Waals surface area contributed by atoms with Crippen molar-refractivity contribution in [2.45, 2.75) is 48.5 Å². The Morgan fingerprint density at radius 1 is 0.973 bits per heavy atom. The fraction of sp³-hybridized carbons (Fsp3) is 0.346. The van der Waals surface area contributed by atoms with Crippen molar-refractivity contribution in [3.63, 3.8) is 0 Å². The Balaban J connectivity index is 1.26. The van der Waals surface area contributed by atoms with Gasteiger partial charge in [0, 0.05) is 11.7 Å². The lowest BCUT2D eigenvalue weighted by molar-refractivity contribution is -0.137. The number of amides is 1. The van der Waals surface area contributed by atoms with Crippen LogP contribution in [0.3, 0.4) is 0 Å². The molecule has 1 amide bonds. The van der Waals surface area contributed by atoms with E-state index >= 15 is 0 Å². The Morgan fingerprint density at radius 3 is 2.27 bits per heavy atom. The number of sulfonamides is 1. The van der Waals surface area contributed by atoms with E-state index in [1.165, 1.54) is 18.2 Å². The fourth-order valence-electron chi connectivity index (χ4n) is 5.36. The topological polar surface area (TPSA) is 75.3 Å². The van der Waals surface area contributed by atoms with E-state index in [2.05, 4.69) is 10.0 Å². The van der Waals surface area contributed by atoms with E-state index in [0.29, 0.717) is 22.0 Å². The molecule has 2 bridgehead atoms. The van der Waals surface area contributed by atoms with Crippen molar-refractivity contribution in [1.82, 2.24) is 4.72 Å². The largest absolute Gasteiger partial charge is 0.416 e. The maximum atomic E-state index is 12.9. The van der Waals surface area contributed by atoms with Crippen LogP contribution in [0.25, 0.3) is 0 Å². The summed E-state index contributed by atoms with van der Waals surface area (Å²) in [5.41, 5.74) is 2.55. The lowest BCUT2D eigenvalue weighted by atomic mass is 9.93. The summed E-state index contributed by atoms with van der Waals surface area (Å²) in [7, 11) is -3.67. The van der Waals surface area contributed by atoms with Crippen LogP contribution >= 0.6 is 22.9 Å². The Morgan fingerprint density at radius 2 is 1.65 bits per heavy atom. The minimum atomic E-state index is -4.42. The molecule has 0 radical (unpaired) electrons. The van der Waals surface area contributed by atoms with Gasteiger partial charge in [-0.1, -0.05) is 29.8 Å². The lowest BCUT2D eigenvalue weighted by Crippen LogP contribution is -2.41. The number of alkyl halides is 3. The quantitative estimate of drug-likeness (QED) is 0.379. The summed E-state index contributed by atoms with van der Waals surface area (Å²) in [4.78, 5) is 12.6. The summed E-state index contributed by atoms with van der Waals surface area (Å²) in [6.07, 6.45) is -1.19. The fourth-order valence-corrected chi connectivity index (χ4v) is 8.23. The van der Waals surface area contributed by atoms with Gasteiger partial charge in [-0.2, -0.15) is 13.2 Å². The van der Waals surface area contributed by atoms with Crippen LogP contribution in [0.5, 0.6) is 0 Å². The van der Waals surface area contributed by atoms with Gasteiger partial charge in [0.2, 0.25) is 15.9 Å². The molecule has 196 valence electrons. The number of carbonyl (C=O) groups excluding carboxylic acids is 1. The van der Waals surface area contributed by atoms with Crippen molar-refractivity contribution >= 4 is 44.6 Å². The predicted octanol–water partition coefficient (Wildman–Crippen LogP) is 6.07. The number of anilines is 1. The van der Waals surface area contributed by atoms with Crippen LogP contribution in [-0.2, 0) is 40.3 Å². The molecular weight excluding hydrogens is 545 g/mol. The van der Waals surface area contributed by atoms with Crippen molar-refractivity contribution in [2.24, 2.45) is 11.8 Å². The molecule has 0 aliphatic heterocycles. The third-order valence-electron chi connectivity index (χ3n) is 7.13. The van der Waals surface area contributed by atoms with E-state index in [0.717, 1.165) is 53.9 Å². The number of carbonyl (C=O) groups is 1. The molecule has 2 aliphatic rings. The van der Waals surface area contributed by atoms with Crippen LogP contribution < -0.4 is 10.0 Å². The molecule has 1 aromatic heterocycles. The molecule has 1 heterocycles. The molecule has 0 unspecified atom stereocenters. The maximum Gasteiger partial charge on any atom is 0.416 e. The van der Waals surface area contributed by atoms with Gasteiger partial charge >= 0.3 is 6.18 Å². The lowest BCUT2D eigenvalue weighted by Gasteiger charge is -2.23. The van der Waals surface area contributed by atoms with E-state index in [9.17, 15) is 26.4 Å². The SMILES string of the molecule is O=C(Cc1ccc(C(F)(F)F)cc1)Nc1ccc2c(c1)C[C@H]1CC[C@@H](C2)[C@@H]1NS(=O)(=O)c1ccc(Cl)s1. The minimum Gasteiger partial charge on any atom is -0.326 e. The smallest absolute Gasteiger partial charge is 0.326 e. The molecular formula is C26H24ClF3N2O3S2. The molecule has 1 saturated carbocycles. The first-order valence-electron chi connectivity index (χ1n) is 11.8. The van der Waals surface area contributed by atoms with Gasteiger partial charge in [-0.25, -0.2) is 13.1 Å². The zero-order chi connectivity index (χ0) is 26.4.